The molecular formula is C14H17ClN4O. The fourth-order valence-electron chi connectivity index (χ4n) is 1.97. The Bertz CT molecular complexity index is 563. The van der Waals surface area contributed by atoms with E-state index in [0.717, 1.165) is 17.7 Å². The van der Waals surface area contributed by atoms with Crippen LogP contribution in [0.2, 0.25) is 5.02 Å². The molecule has 0 aliphatic carbocycles. The van der Waals surface area contributed by atoms with E-state index < -0.39 is 0 Å². The zero-order valence-corrected chi connectivity index (χ0v) is 12.3. The van der Waals surface area contributed by atoms with Crippen molar-refractivity contribution in [3.8, 4) is 0 Å². The number of hydrogen-bond donors (Lipinski definition) is 1. The second-order valence-corrected chi connectivity index (χ2v) is 5.20. The SMILES string of the molecule is Cc1nn(CC(=O)NC(C)Cc2cccnc2)cc1Cl. The normalized spacial score (nSPS) is 12.2. The number of aryl methyl sites for hydroxylation is 1. The molecule has 2 rings (SSSR count). The van der Waals surface area contributed by atoms with Gasteiger partial charge in [0.1, 0.15) is 6.54 Å². The Morgan fingerprint density at radius 1 is 1.55 bits per heavy atom. The minimum Gasteiger partial charge on any atom is -0.352 e. The maximum Gasteiger partial charge on any atom is 0.241 e. The monoisotopic (exact) mass is 292 g/mol. The molecule has 2 heterocycles. The molecule has 6 heteroatoms. The largest absolute Gasteiger partial charge is 0.352 e. The number of nitrogens with one attached hydrogen (secondary N) is 1. The highest BCUT2D eigenvalue weighted by Crippen LogP contribution is 2.11. The number of rotatable bonds is 5. The van der Waals surface area contributed by atoms with Gasteiger partial charge in [-0.25, -0.2) is 0 Å². The molecule has 0 spiro atoms. The Morgan fingerprint density at radius 2 is 2.35 bits per heavy atom. The molecule has 0 radical (unpaired) electrons. The molecule has 0 aromatic carbocycles. The van der Waals surface area contributed by atoms with Gasteiger partial charge in [-0.15, -0.1) is 0 Å². The van der Waals surface area contributed by atoms with Crippen molar-refractivity contribution in [2.45, 2.75) is 32.9 Å². The quantitative estimate of drug-likeness (QED) is 0.917. The predicted octanol–water partition coefficient (Wildman–Crippen LogP) is 1.99. The third-order valence-corrected chi connectivity index (χ3v) is 3.24. The van der Waals surface area contributed by atoms with Crippen LogP contribution in [-0.2, 0) is 17.8 Å². The highest BCUT2D eigenvalue weighted by Gasteiger charge is 2.10. The number of halogens is 1. The third-order valence-electron chi connectivity index (χ3n) is 2.86. The van der Waals surface area contributed by atoms with Crippen LogP contribution in [0.3, 0.4) is 0 Å². The Hall–Kier alpha value is -1.88. The zero-order chi connectivity index (χ0) is 14.5. The summed E-state index contributed by atoms with van der Waals surface area (Å²) in [5.74, 6) is -0.0828. The number of amides is 1. The van der Waals surface area contributed by atoms with Crippen LogP contribution in [0.1, 0.15) is 18.2 Å². The van der Waals surface area contributed by atoms with E-state index in [2.05, 4.69) is 15.4 Å². The molecule has 1 unspecified atom stereocenters. The third kappa shape index (κ3) is 4.06. The molecule has 0 bridgehead atoms. The van der Waals surface area contributed by atoms with Crippen LogP contribution in [0.5, 0.6) is 0 Å². The molecule has 2 aromatic rings. The summed E-state index contributed by atoms with van der Waals surface area (Å²) in [4.78, 5) is 16.0. The molecule has 106 valence electrons. The molecule has 0 aliphatic heterocycles. The van der Waals surface area contributed by atoms with Crippen molar-refractivity contribution in [3.05, 3.63) is 47.0 Å². The van der Waals surface area contributed by atoms with E-state index in [0.29, 0.717) is 5.02 Å². The van der Waals surface area contributed by atoms with Gasteiger partial charge in [-0.3, -0.25) is 14.5 Å². The number of pyridine rings is 1. The van der Waals surface area contributed by atoms with Gasteiger partial charge in [0.25, 0.3) is 0 Å². The van der Waals surface area contributed by atoms with Crippen LogP contribution >= 0.6 is 11.6 Å². The van der Waals surface area contributed by atoms with E-state index in [4.69, 9.17) is 11.6 Å². The fourth-order valence-corrected chi connectivity index (χ4v) is 2.12. The van der Waals surface area contributed by atoms with E-state index in [9.17, 15) is 4.79 Å². The zero-order valence-electron chi connectivity index (χ0n) is 11.5. The molecule has 1 N–H and O–H groups in total. The lowest BCUT2D eigenvalue weighted by Crippen LogP contribution is -2.36. The number of aromatic nitrogens is 3. The van der Waals surface area contributed by atoms with Gasteiger partial charge in [0.05, 0.1) is 10.7 Å². The minimum absolute atomic E-state index is 0.0406. The van der Waals surface area contributed by atoms with Crippen LogP contribution in [0.4, 0.5) is 0 Å². The number of carbonyl (C=O) groups excluding carboxylic acids is 1. The summed E-state index contributed by atoms with van der Waals surface area (Å²) >= 11 is 5.90. The van der Waals surface area contributed by atoms with E-state index in [1.165, 1.54) is 0 Å². The number of nitrogens with zero attached hydrogens (tertiary/aromatic N) is 3. The summed E-state index contributed by atoms with van der Waals surface area (Å²) in [5.41, 5.74) is 1.82. The molecule has 5 nitrogen and oxygen atoms in total. The van der Waals surface area contributed by atoms with Crippen LogP contribution in [0.25, 0.3) is 0 Å². The summed E-state index contributed by atoms with van der Waals surface area (Å²) in [6.45, 7) is 3.94. The molecule has 0 aliphatic rings. The van der Waals surface area contributed by atoms with Crippen molar-refractivity contribution < 1.29 is 4.79 Å². The van der Waals surface area contributed by atoms with Crippen molar-refractivity contribution in [2.75, 3.05) is 0 Å². The second kappa shape index (κ2) is 6.52. The van der Waals surface area contributed by atoms with Crippen molar-refractivity contribution in [1.82, 2.24) is 20.1 Å². The predicted molar refractivity (Wildman–Crippen MR) is 77.5 cm³/mol. The lowest BCUT2D eigenvalue weighted by molar-refractivity contribution is -0.122. The van der Waals surface area contributed by atoms with Crippen LogP contribution in [-0.4, -0.2) is 26.7 Å². The van der Waals surface area contributed by atoms with E-state index >= 15 is 0 Å². The maximum absolute atomic E-state index is 11.9. The Balaban J connectivity index is 1.85. The first kappa shape index (κ1) is 14.5. The van der Waals surface area contributed by atoms with Gasteiger partial charge >= 0.3 is 0 Å². The van der Waals surface area contributed by atoms with Gasteiger partial charge in [-0.2, -0.15) is 5.10 Å². The van der Waals surface area contributed by atoms with E-state index in [1.807, 2.05) is 26.0 Å². The summed E-state index contributed by atoms with van der Waals surface area (Å²) < 4.78 is 1.55. The minimum atomic E-state index is -0.0828. The Morgan fingerprint density at radius 3 is 2.95 bits per heavy atom. The van der Waals surface area contributed by atoms with Gasteiger partial charge in [0, 0.05) is 24.6 Å². The van der Waals surface area contributed by atoms with Gasteiger partial charge in [0.2, 0.25) is 5.91 Å². The topological polar surface area (TPSA) is 59.8 Å². The number of hydrogen-bond acceptors (Lipinski definition) is 3. The lowest BCUT2D eigenvalue weighted by atomic mass is 10.1. The van der Waals surface area contributed by atoms with Gasteiger partial charge in [0.15, 0.2) is 0 Å². The standard InChI is InChI=1S/C14H17ClN4O/c1-10(6-12-4-3-5-16-7-12)17-14(20)9-19-8-13(15)11(2)18-19/h3-5,7-8,10H,6,9H2,1-2H3,(H,17,20). The fraction of sp³-hybridized carbons (Fsp3) is 0.357. The van der Waals surface area contributed by atoms with Crippen LogP contribution in [0.15, 0.2) is 30.7 Å². The average Bonchev–Trinajstić information content (AvgIpc) is 2.68. The molecular weight excluding hydrogens is 276 g/mol. The maximum atomic E-state index is 11.9. The Labute approximate surface area is 123 Å². The molecule has 0 saturated carbocycles. The molecule has 1 atom stereocenters. The van der Waals surface area contributed by atoms with Crippen molar-refractivity contribution >= 4 is 17.5 Å². The first-order chi connectivity index (χ1) is 9.54. The molecule has 0 fully saturated rings. The second-order valence-electron chi connectivity index (χ2n) is 4.79. The summed E-state index contributed by atoms with van der Waals surface area (Å²) in [5, 5.41) is 7.66. The molecule has 0 saturated heterocycles. The van der Waals surface area contributed by atoms with Crippen molar-refractivity contribution in [2.24, 2.45) is 0 Å². The smallest absolute Gasteiger partial charge is 0.241 e. The molecule has 20 heavy (non-hydrogen) atoms. The first-order valence-electron chi connectivity index (χ1n) is 6.42. The van der Waals surface area contributed by atoms with Gasteiger partial charge in [-0.05, 0) is 31.9 Å². The average molecular weight is 293 g/mol. The van der Waals surface area contributed by atoms with Gasteiger partial charge in [-0.1, -0.05) is 17.7 Å². The first-order valence-corrected chi connectivity index (χ1v) is 6.80. The summed E-state index contributed by atoms with van der Waals surface area (Å²) in [7, 11) is 0. The Kier molecular flexibility index (Phi) is 4.74. The summed E-state index contributed by atoms with van der Waals surface area (Å²) in [6, 6.07) is 3.92. The van der Waals surface area contributed by atoms with Gasteiger partial charge < -0.3 is 5.32 Å². The highest BCUT2D eigenvalue weighted by atomic mass is 35.5. The molecule has 2 aromatic heterocycles. The van der Waals surface area contributed by atoms with Crippen LogP contribution in [0, 0.1) is 6.92 Å². The summed E-state index contributed by atoms with van der Waals surface area (Å²) in [6.07, 6.45) is 5.94. The van der Waals surface area contributed by atoms with Crippen molar-refractivity contribution in [3.63, 3.8) is 0 Å². The van der Waals surface area contributed by atoms with E-state index in [-0.39, 0.29) is 18.5 Å². The van der Waals surface area contributed by atoms with Crippen molar-refractivity contribution in [1.29, 1.82) is 0 Å². The van der Waals surface area contributed by atoms with Crippen LogP contribution < -0.4 is 5.32 Å². The van der Waals surface area contributed by atoms with E-state index in [1.54, 1.807) is 23.3 Å². The number of carbonyl (C=O) groups is 1. The highest BCUT2D eigenvalue weighted by molar-refractivity contribution is 6.31. The molecule has 1 amide bonds. The lowest BCUT2D eigenvalue weighted by Gasteiger charge is -2.13.